The molecule has 2 aromatic carbocycles. The van der Waals surface area contributed by atoms with E-state index in [0.29, 0.717) is 16.1 Å². The van der Waals surface area contributed by atoms with E-state index in [0.717, 1.165) is 12.0 Å². The molecule has 0 fully saturated rings. The third-order valence-corrected chi connectivity index (χ3v) is 3.41. The summed E-state index contributed by atoms with van der Waals surface area (Å²) in [6.07, 6.45) is 0.764. The highest BCUT2D eigenvalue weighted by Crippen LogP contribution is 2.24. The van der Waals surface area contributed by atoms with Crippen molar-refractivity contribution in [1.82, 2.24) is 0 Å². The summed E-state index contributed by atoms with van der Waals surface area (Å²) in [6, 6.07) is 11.7. The van der Waals surface area contributed by atoms with Gasteiger partial charge in [-0.2, -0.15) is 0 Å². The number of aliphatic carboxylic acids is 1. The zero-order valence-electron chi connectivity index (χ0n) is 12.0. The van der Waals surface area contributed by atoms with Crippen molar-refractivity contribution in [2.45, 2.75) is 13.3 Å². The third kappa shape index (κ3) is 3.86. The van der Waals surface area contributed by atoms with Crippen LogP contribution in [0.5, 0.6) is 5.75 Å². The predicted octanol–water partition coefficient (Wildman–Crippen LogP) is 3.60. The second-order valence-corrected chi connectivity index (χ2v) is 5.14. The fourth-order valence-corrected chi connectivity index (χ4v) is 2.12. The van der Waals surface area contributed by atoms with Crippen molar-refractivity contribution in [2.75, 3.05) is 6.61 Å². The number of ketones is 1. The van der Waals surface area contributed by atoms with Crippen molar-refractivity contribution in [2.24, 2.45) is 0 Å². The summed E-state index contributed by atoms with van der Waals surface area (Å²) in [4.78, 5) is 23.3. The molecule has 0 radical (unpaired) electrons. The maximum absolute atomic E-state index is 12.6. The van der Waals surface area contributed by atoms with Gasteiger partial charge in [-0.1, -0.05) is 24.6 Å². The second kappa shape index (κ2) is 7.09. The van der Waals surface area contributed by atoms with Crippen LogP contribution < -0.4 is 4.74 Å². The largest absolute Gasteiger partial charge is 0.481 e. The van der Waals surface area contributed by atoms with Gasteiger partial charge in [-0.25, -0.2) is 4.79 Å². The molecule has 5 heteroatoms. The summed E-state index contributed by atoms with van der Waals surface area (Å²) in [5.74, 6) is -1.06. The molecule has 0 aliphatic rings. The molecule has 4 nitrogen and oxygen atoms in total. The Morgan fingerprint density at radius 2 is 1.82 bits per heavy atom. The number of carboxylic acid groups (broad SMARTS) is 1. The molecule has 0 aromatic heterocycles. The summed E-state index contributed by atoms with van der Waals surface area (Å²) < 4.78 is 5.22. The van der Waals surface area contributed by atoms with E-state index in [1.165, 1.54) is 0 Å². The summed E-state index contributed by atoms with van der Waals surface area (Å²) in [5.41, 5.74) is 1.79. The van der Waals surface area contributed by atoms with Gasteiger partial charge >= 0.3 is 5.97 Å². The van der Waals surface area contributed by atoms with Crippen molar-refractivity contribution in [3.63, 3.8) is 0 Å². The highest BCUT2D eigenvalue weighted by molar-refractivity contribution is 6.30. The molecular formula is C17H15ClO4. The number of carbonyl (C=O) groups is 2. The molecule has 2 rings (SSSR count). The summed E-state index contributed by atoms with van der Waals surface area (Å²) in [6.45, 7) is 1.48. The van der Waals surface area contributed by atoms with Gasteiger partial charge in [0.25, 0.3) is 0 Å². The Morgan fingerprint density at radius 1 is 1.14 bits per heavy atom. The third-order valence-electron chi connectivity index (χ3n) is 3.15. The van der Waals surface area contributed by atoms with Crippen LogP contribution in [0.25, 0.3) is 0 Å². The highest BCUT2D eigenvalue weighted by Gasteiger charge is 2.16. The van der Waals surface area contributed by atoms with Crippen LogP contribution in [-0.2, 0) is 11.2 Å². The molecule has 22 heavy (non-hydrogen) atoms. The normalized spacial score (nSPS) is 10.3. The van der Waals surface area contributed by atoms with Crippen LogP contribution in [0.4, 0.5) is 0 Å². The highest BCUT2D eigenvalue weighted by atomic mass is 35.5. The first kappa shape index (κ1) is 16.0. The van der Waals surface area contributed by atoms with Gasteiger partial charge in [-0.05, 0) is 48.4 Å². The summed E-state index contributed by atoms with van der Waals surface area (Å²) in [5, 5.41) is 9.27. The summed E-state index contributed by atoms with van der Waals surface area (Å²) >= 11 is 5.82. The molecule has 0 spiro atoms. The standard InChI is InChI=1S/C17H15ClO4/c1-2-11-3-8-15(22-10-16(19)20)14(9-11)17(21)12-4-6-13(18)7-5-12/h3-9H,2,10H2,1H3,(H,19,20). The van der Waals surface area contributed by atoms with Gasteiger partial charge in [0.1, 0.15) is 5.75 Å². The SMILES string of the molecule is CCc1ccc(OCC(=O)O)c(C(=O)c2ccc(Cl)cc2)c1. The van der Waals surface area contributed by atoms with Gasteiger partial charge in [-0.15, -0.1) is 0 Å². The molecule has 0 heterocycles. The van der Waals surface area contributed by atoms with E-state index in [1.807, 2.05) is 13.0 Å². The average Bonchev–Trinajstić information content (AvgIpc) is 2.52. The minimum atomic E-state index is -1.09. The number of benzene rings is 2. The lowest BCUT2D eigenvalue weighted by Gasteiger charge is -2.11. The van der Waals surface area contributed by atoms with Gasteiger partial charge in [0.2, 0.25) is 0 Å². The minimum absolute atomic E-state index is 0.229. The molecule has 114 valence electrons. The average molecular weight is 319 g/mol. The first-order valence-corrected chi connectivity index (χ1v) is 7.17. The number of halogens is 1. The van der Waals surface area contributed by atoms with Crippen molar-refractivity contribution < 1.29 is 19.4 Å². The number of hydrogen-bond acceptors (Lipinski definition) is 3. The Bertz CT molecular complexity index is 692. The number of ether oxygens (including phenoxy) is 1. The van der Waals surface area contributed by atoms with Gasteiger partial charge < -0.3 is 9.84 Å². The topological polar surface area (TPSA) is 63.6 Å². The molecule has 0 saturated carbocycles. The van der Waals surface area contributed by atoms with Crippen molar-refractivity contribution in [3.8, 4) is 5.75 Å². The van der Waals surface area contributed by atoms with Crippen LogP contribution in [-0.4, -0.2) is 23.5 Å². The molecule has 0 saturated heterocycles. The van der Waals surface area contributed by atoms with E-state index in [-0.39, 0.29) is 11.5 Å². The maximum atomic E-state index is 12.6. The zero-order valence-corrected chi connectivity index (χ0v) is 12.8. The van der Waals surface area contributed by atoms with Gasteiger partial charge in [0.05, 0.1) is 5.56 Å². The summed E-state index contributed by atoms with van der Waals surface area (Å²) in [7, 11) is 0. The van der Waals surface area contributed by atoms with Crippen LogP contribution in [0.3, 0.4) is 0 Å². The Kier molecular flexibility index (Phi) is 5.17. The molecular weight excluding hydrogens is 304 g/mol. The van der Waals surface area contributed by atoms with Gasteiger partial charge in [0, 0.05) is 10.6 Å². The van der Waals surface area contributed by atoms with Crippen molar-refractivity contribution in [1.29, 1.82) is 0 Å². The van der Waals surface area contributed by atoms with Gasteiger partial charge in [0.15, 0.2) is 12.4 Å². The lowest BCUT2D eigenvalue weighted by atomic mass is 9.99. The number of carbonyl (C=O) groups excluding carboxylic acids is 1. The Labute approximate surface area is 133 Å². The van der Waals surface area contributed by atoms with Crippen molar-refractivity contribution in [3.05, 3.63) is 64.2 Å². The maximum Gasteiger partial charge on any atom is 0.341 e. The zero-order chi connectivity index (χ0) is 16.1. The lowest BCUT2D eigenvalue weighted by molar-refractivity contribution is -0.139. The van der Waals surface area contributed by atoms with Gasteiger partial charge in [-0.3, -0.25) is 4.79 Å². The number of carboxylic acids is 1. The van der Waals surface area contributed by atoms with Crippen LogP contribution in [0, 0.1) is 0 Å². The predicted molar refractivity (Wildman–Crippen MR) is 83.8 cm³/mol. The van der Waals surface area contributed by atoms with E-state index in [9.17, 15) is 9.59 Å². The monoisotopic (exact) mass is 318 g/mol. The minimum Gasteiger partial charge on any atom is -0.481 e. The van der Waals surface area contributed by atoms with E-state index < -0.39 is 12.6 Å². The molecule has 0 amide bonds. The fraction of sp³-hybridized carbons (Fsp3) is 0.176. The molecule has 2 aromatic rings. The Hall–Kier alpha value is -2.33. The second-order valence-electron chi connectivity index (χ2n) is 4.70. The number of rotatable bonds is 6. The quantitative estimate of drug-likeness (QED) is 0.827. The Balaban J connectivity index is 2.39. The van der Waals surface area contributed by atoms with E-state index in [1.54, 1.807) is 36.4 Å². The lowest BCUT2D eigenvalue weighted by Crippen LogP contribution is -2.12. The number of aryl methyl sites for hydroxylation is 1. The van der Waals surface area contributed by atoms with Crippen molar-refractivity contribution >= 4 is 23.4 Å². The molecule has 0 bridgehead atoms. The molecule has 0 unspecified atom stereocenters. The molecule has 0 atom stereocenters. The fourth-order valence-electron chi connectivity index (χ4n) is 2.00. The molecule has 0 aliphatic heterocycles. The van der Waals surface area contributed by atoms with E-state index >= 15 is 0 Å². The van der Waals surface area contributed by atoms with Crippen LogP contribution in [0.1, 0.15) is 28.4 Å². The van der Waals surface area contributed by atoms with E-state index in [2.05, 4.69) is 0 Å². The van der Waals surface area contributed by atoms with Crippen LogP contribution in [0.2, 0.25) is 5.02 Å². The first-order valence-electron chi connectivity index (χ1n) is 6.79. The number of hydrogen-bond donors (Lipinski definition) is 1. The van der Waals surface area contributed by atoms with Crippen LogP contribution >= 0.6 is 11.6 Å². The molecule has 0 aliphatic carbocycles. The Morgan fingerprint density at radius 3 is 2.41 bits per heavy atom. The first-order chi connectivity index (χ1) is 10.5. The van der Waals surface area contributed by atoms with E-state index in [4.69, 9.17) is 21.4 Å². The molecule has 1 N–H and O–H groups in total. The smallest absolute Gasteiger partial charge is 0.341 e. The van der Waals surface area contributed by atoms with Crippen LogP contribution in [0.15, 0.2) is 42.5 Å².